The predicted molar refractivity (Wildman–Crippen MR) is 57.2 cm³/mol. The summed E-state index contributed by atoms with van der Waals surface area (Å²) in [6.45, 7) is 1.30. The van der Waals surface area contributed by atoms with Crippen LogP contribution < -0.4 is 11.1 Å². The Labute approximate surface area is 88.3 Å². The molecule has 5 nitrogen and oxygen atoms in total. The molecule has 0 aromatic carbocycles. The number of hydrogen-bond acceptors (Lipinski definition) is 3. The van der Waals surface area contributed by atoms with Crippen molar-refractivity contribution in [3.05, 3.63) is 23.5 Å². The van der Waals surface area contributed by atoms with Gasteiger partial charge in [-0.2, -0.15) is 0 Å². The Morgan fingerprint density at radius 3 is 3.20 bits per heavy atom. The number of rotatable bonds is 0. The zero-order valence-electron chi connectivity index (χ0n) is 8.66. The highest BCUT2D eigenvalue weighted by Gasteiger charge is 2.20. The SMILES string of the molecule is CNC(=O)N1CCc2ncc(N)cc2C1. The van der Waals surface area contributed by atoms with E-state index in [0.717, 1.165) is 17.7 Å². The van der Waals surface area contributed by atoms with Gasteiger partial charge in [-0.1, -0.05) is 0 Å². The molecule has 0 saturated carbocycles. The molecule has 2 amide bonds. The summed E-state index contributed by atoms with van der Waals surface area (Å²) >= 11 is 0. The third-order valence-electron chi connectivity index (χ3n) is 2.56. The van der Waals surface area contributed by atoms with Gasteiger partial charge < -0.3 is 16.0 Å². The number of nitrogens with one attached hydrogen (secondary N) is 1. The number of hydrogen-bond donors (Lipinski definition) is 2. The van der Waals surface area contributed by atoms with Crippen molar-refractivity contribution in [1.29, 1.82) is 0 Å². The van der Waals surface area contributed by atoms with Crippen LogP contribution in [0.15, 0.2) is 12.3 Å². The van der Waals surface area contributed by atoms with Crippen LogP contribution in [0.4, 0.5) is 10.5 Å². The molecule has 0 atom stereocenters. The quantitative estimate of drug-likeness (QED) is 0.644. The molecule has 1 aromatic heterocycles. The topological polar surface area (TPSA) is 71.2 Å². The monoisotopic (exact) mass is 206 g/mol. The van der Waals surface area contributed by atoms with Crippen LogP contribution in [0.3, 0.4) is 0 Å². The van der Waals surface area contributed by atoms with Gasteiger partial charge in [0.05, 0.1) is 11.9 Å². The molecule has 5 heteroatoms. The van der Waals surface area contributed by atoms with Gasteiger partial charge in [-0.25, -0.2) is 4.79 Å². The molecule has 0 spiro atoms. The number of carbonyl (C=O) groups excluding carboxylic acids is 1. The summed E-state index contributed by atoms with van der Waals surface area (Å²) < 4.78 is 0. The summed E-state index contributed by atoms with van der Waals surface area (Å²) in [6, 6.07) is 1.83. The van der Waals surface area contributed by atoms with Crippen molar-refractivity contribution in [2.45, 2.75) is 13.0 Å². The second kappa shape index (κ2) is 3.76. The number of carbonyl (C=O) groups is 1. The minimum absolute atomic E-state index is 0.0527. The lowest BCUT2D eigenvalue weighted by atomic mass is 10.1. The van der Waals surface area contributed by atoms with Crippen LogP contribution in [-0.4, -0.2) is 29.5 Å². The van der Waals surface area contributed by atoms with Crippen molar-refractivity contribution in [1.82, 2.24) is 15.2 Å². The Balaban J connectivity index is 2.22. The highest BCUT2D eigenvalue weighted by atomic mass is 16.2. The Kier molecular flexibility index (Phi) is 2.45. The molecule has 1 aromatic rings. The highest BCUT2D eigenvalue weighted by molar-refractivity contribution is 5.74. The molecule has 15 heavy (non-hydrogen) atoms. The van der Waals surface area contributed by atoms with Crippen molar-refractivity contribution in [3.8, 4) is 0 Å². The lowest BCUT2D eigenvalue weighted by Crippen LogP contribution is -2.41. The number of amides is 2. The number of anilines is 1. The average Bonchev–Trinajstić information content (AvgIpc) is 2.27. The van der Waals surface area contributed by atoms with E-state index in [4.69, 9.17) is 5.73 Å². The van der Waals surface area contributed by atoms with Crippen LogP contribution in [0.2, 0.25) is 0 Å². The molecule has 3 N–H and O–H groups in total. The fraction of sp³-hybridized carbons (Fsp3) is 0.400. The fourth-order valence-electron chi connectivity index (χ4n) is 1.78. The number of fused-ring (bicyclic) bond motifs is 1. The number of nitrogens with zero attached hydrogens (tertiary/aromatic N) is 2. The zero-order chi connectivity index (χ0) is 10.8. The van der Waals surface area contributed by atoms with E-state index in [1.165, 1.54) is 0 Å². The van der Waals surface area contributed by atoms with E-state index < -0.39 is 0 Å². The smallest absolute Gasteiger partial charge is 0.317 e. The molecule has 2 rings (SSSR count). The highest BCUT2D eigenvalue weighted by Crippen LogP contribution is 2.18. The lowest BCUT2D eigenvalue weighted by molar-refractivity contribution is 0.194. The van der Waals surface area contributed by atoms with E-state index in [1.54, 1.807) is 18.1 Å². The average molecular weight is 206 g/mol. The second-order valence-electron chi connectivity index (χ2n) is 3.60. The lowest BCUT2D eigenvalue weighted by Gasteiger charge is -2.27. The number of nitrogens with two attached hydrogens (primary N) is 1. The van der Waals surface area contributed by atoms with Crippen LogP contribution in [0, 0.1) is 0 Å². The second-order valence-corrected chi connectivity index (χ2v) is 3.60. The van der Waals surface area contributed by atoms with Gasteiger partial charge in [-0.3, -0.25) is 4.98 Å². The standard InChI is InChI=1S/C10H14N4O/c1-12-10(15)14-3-2-9-7(6-14)4-8(11)5-13-9/h4-5H,2-3,6,11H2,1H3,(H,12,15). The van der Waals surface area contributed by atoms with E-state index in [1.807, 2.05) is 6.07 Å². The summed E-state index contributed by atoms with van der Waals surface area (Å²) in [5, 5.41) is 2.62. The maximum absolute atomic E-state index is 11.4. The summed E-state index contributed by atoms with van der Waals surface area (Å²) in [4.78, 5) is 17.4. The molecule has 2 heterocycles. The van der Waals surface area contributed by atoms with Gasteiger partial charge in [0, 0.05) is 32.3 Å². The van der Waals surface area contributed by atoms with Crippen LogP contribution >= 0.6 is 0 Å². The van der Waals surface area contributed by atoms with Gasteiger partial charge >= 0.3 is 6.03 Å². The molecule has 80 valence electrons. The Morgan fingerprint density at radius 2 is 2.47 bits per heavy atom. The minimum Gasteiger partial charge on any atom is -0.397 e. The Morgan fingerprint density at radius 1 is 1.67 bits per heavy atom. The van der Waals surface area contributed by atoms with Crippen LogP contribution in [0.1, 0.15) is 11.3 Å². The van der Waals surface area contributed by atoms with Gasteiger partial charge in [-0.05, 0) is 11.6 Å². The molecular formula is C10H14N4O. The van der Waals surface area contributed by atoms with E-state index in [9.17, 15) is 4.79 Å². The van der Waals surface area contributed by atoms with E-state index >= 15 is 0 Å². The first-order valence-corrected chi connectivity index (χ1v) is 4.90. The first-order chi connectivity index (χ1) is 7.20. The fourth-order valence-corrected chi connectivity index (χ4v) is 1.78. The van der Waals surface area contributed by atoms with Crippen molar-refractivity contribution in [2.75, 3.05) is 19.3 Å². The Bertz CT molecular complexity index is 391. The predicted octanol–water partition coefficient (Wildman–Crippen LogP) is 0.361. The Hall–Kier alpha value is -1.78. The maximum Gasteiger partial charge on any atom is 0.317 e. The van der Waals surface area contributed by atoms with E-state index in [0.29, 0.717) is 18.8 Å². The normalized spacial score (nSPS) is 14.6. The molecule has 0 unspecified atom stereocenters. The summed E-state index contributed by atoms with van der Waals surface area (Å²) in [7, 11) is 1.63. The van der Waals surface area contributed by atoms with E-state index in [2.05, 4.69) is 10.3 Å². The van der Waals surface area contributed by atoms with Crippen molar-refractivity contribution < 1.29 is 4.79 Å². The van der Waals surface area contributed by atoms with Crippen molar-refractivity contribution in [3.63, 3.8) is 0 Å². The van der Waals surface area contributed by atoms with Crippen LogP contribution in [-0.2, 0) is 13.0 Å². The summed E-state index contributed by atoms with van der Waals surface area (Å²) in [5.41, 5.74) is 8.39. The van der Waals surface area contributed by atoms with Crippen molar-refractivity contribution >= 4 is 11.7 Å². The molecule has 0 radical (unpaired) electrons. The zero-order valence-corrected chi connectivity index (χ0v) is 8.66. The maximum atomic E-state index is 11.4. The van der Waals surface area contributed by atoms with Crippen molar-refractivity contribution in [2.24, 2.45) is 0 Å². The van der Waals surface area contributed by atoms with Gasteiger partial charge in [0.15, 0.2) is 0 Å². The molecule has 0 aliphatic carbocycles. The molecule has 1 aliphatic rings. The molecule has 0 bridgehead atoms. The molecule has 1 aliphatic heterocycles. The third-order valence-corrected chi connectivity index (χ3v) is 2.56. The number of nitrogen functional groups attached to an aromatic ring is 1. The van der Waals surface area contributed by atoms with Crippen LogP contribution in [0.5, 0.6) is 0 Å². The van der Waals surface area contributed by atoms with Gasteiger partial charge in [0.1, 0.15) is 0 Å². The molecular weight excluding hydrogens is 192 g/mol. The largest absolute Gasteiger partial charge is 0.397 e. The number of urea groups is 1. The summed E-state index contributed by atoms with van der Waals surface area (Å²) in [5.74, 6) is 0. The van der Waals surface area contributed by atoms with Gasteiger partial charge in [-0.15, -0.1) is 0 Å². The van der Waals surface area contributed by atoms with Gasteiger partial charge in [0.25, 0.3) is 0 Å². The first kappa shape index (κ1) is 9.76. The summed E-state index contributed by atoms with van der Waals surface area (Å²) in [6.07, 6.45) is 2.46. The minimum atomic E-state index is -0.0527. The number of pyridine rings is 1. The first-order valence-electron chi connectivity index (χ1n) is 4.90. The van der Waals surface area contributed by atoms with Crippen LogP contribution in [0.25, 0.3) is 0 Å². The third kappa shape index (κ3) is 1.86. The number of aromatic nitrogens is 1. The molecule has 0 fully saturated rings. The van der Waals surface area contributed by atoms with Gasteiger partial charge in [0.2, 0.25) is 0 Å². The molecule has 0 saturated heterocycles. The van der Waals surface area contributed by atoms with E-state index in [-0.39, 0.29) is 6.03 Å².